The van der Waals surface area contributed by atoms with E-state index in [1.165, 1.54) is 0 Å². The van der Waals surface area contributed by atoms with E-state index in [1.807, 2.05) is 30.3 Å². The van der Waals surface area contributed by atoms with Gasteiger partial charge in [0, 0.05) is 32.8 Å². The molecule has 3 aromatic rings. The van der Waals surface area contributed by atoms with Crippen molar-refractivity contribution in [1.29, 1.82) is 0 Å². The lowest BCUT2D eigenvalue weighted by molar-refractivity contribution is 0.220. The summed E-state index contributed by atoms with van der Waals surface area (Å²) in [6, 6.07) is 13.2. The van der Waals surface area contributed by atoms with Crippen LogP contribution in [0.25, 0.3) is 10.8 Å². The molecule has 3 rings (SSSR count). The van der Waals surface area contributed by atoms with Crippen LogP contribution in [-0.4, -0.2) is 10.1 Å². The third kappa shape index (κ3) is 2.44. The number of nitrogens with zero attached hydrogens (tertiary/aromatic N) is 1. The van der Waals surface area contributed by atoms with Crippen LogP contribution in [0.1, 0.15) is 17.2 Å². The van der Waals surface area contributed by atoms with Crippen molar-refractivity contribution in [2.24, 2.45) is 0 Å². The Bertz CT molecular complexity index is 770. The minimum Gasteiger partial charge on any atom is -0.384 e. The molecular formula is C16H11BrClNO. The molecule has 1 aromatic heterocycles. The lowest BCUT2D eigenvalue weighted by Gasteiger charge is -2.15. The number of aliphatic hydroxyl groups excluding tert-OH is 1. The molecule has 0 saturated carbocycles. The minimum absolute atomic E-state index is 0.629. The Kier molecular flexibility index (Phi) is 3.74. The molecule has 0 bridgehead atoms. The molecule has 1 heterocycles. The summed E-state index contributed by atoms with van der Waals surface area (Å²) in [6.07, 6.45) is 2.75. The number of hydrogen-bond acceptors (Lipinski definition) is 2. The van der Waals surface area contributed by atoms with Crippen LogP contribution in [-0.2, 0) is 0 Å². The van der Waals surface area contributed by atoms with E-state index in [4.69, 9.17) is 11.6 Å². The van der Waals surface area contributed by atoms with Gasteiger partial charge in [-0.05, 0) is 23.1 Å². The number of pyridine rings is 1. The van der Waals surface area contributed by atoms with Gasteiger partial charge in [0.15, 0.2) is 0 Å². The van der Waals surface area contributed by atoms with Crippen LogP contribution in [0.15, 0.2) is 59.3 Å². The SMILES string of the molecule is OC(c1ccc(Cl)cc1Br)c1cncc2ccccc12. The standard InChI is InChI=1S/C16H11BrClNO/c17-15-7-11(18)5-6-13(15)16(20)14-9-19-8-10-3-1-2-4-12(10)14/h1-9,16,20H. The largest absolute Gasteiger partial charge is 0.384 e. The second-order valence-corrected chi connectivity index (χ2v) is 5.81. The molecular weight excluding hydrogens is 338 g/mol. The van der Waals surface area contributed by atoms with Crippen LogP contribution in [0.2, 0.25) is 5.02 Å². The van der Waals surface area contributed by atoms with Crippen molar-refractivity contribution < 1.29 is 5.11 Å². The van der Waals surface area contributed by atoms with Crippen molar-refractivity contribution in [3.05, 3.63) is 75.5 Å². The van der Waals surface area contributed by atoms with Gasteiger partial charge in [-0.15, -0.1) is 0 Å². The Labute approximate surface area is 130 Å². The van der Waals surface area contributed by atoms with Gasteiger partial charge in [-0.25, -0.2) is 0 Å². The highest BCUT2D eigenvalue weighted by molar-refractivity contribution is 9.10. The fourth-order valence-corrected chi connectivity index (χ4v) is 3.15. The molecule has 0 radical (unpaired) electrons. The van der Waals surface area contributed by atoms with Gasteiger partial charge in [0.25, 0.3) is 0 Å². The summed E-state index contributed by atoms with van der Waals surface area (Å²) in [4.78, 5) is 4.21. The van der Waals surface area contributed by atoms with Crippen molar-refractivity contribution in [3.63, 3.8) is 0 Å². The average Bonchev–Trinajstić information content (AvgIpc) is 2.46. The first-order valence-corrected chi connectivity index (χ1v) is 7.29. The second kappa shape index (κ2) is 5.52. The summed E-state index contributed by atoms with van der Waals surface area (Å²) >= 11 is 9.38. The number of aliphatic hydroxyl groups is 1. The molecule has 0 spiro atoms. The summed E-state index contributed by atoms with van der Waals surface area (Å²) in [6.45, 7) is 0. The van der Waals surface area contributed by atoms with E-state index < -0.39 is 6.10 Å². The highest BCUT2D eigenvalue weighted by Crippen LogP contribution is 2.33. The fraction of sp³-hybridized carbons (Fsp3) is 0.0625. The highest BCUT2D eigenvalue weighted by Gasteiger charge is 2.16. The van der Waals surface area contributed by atoms with Crippen LogP contribution in [0.4, 0.5) is 0 Å². The smallest absolute Gasteiger partial charge is 0.107 e. The Hall–Kier alpha value is -1.42. The van der Waals surface area contributed by atoms with Gasteiger partial charge in [0.05, 0.1) is 0 Å². The summed E-state index contributed by atoms with van der Waals surface area (Å²) in [5, 5.41) is 13.3. The molecule has 4 heteroatoms. The van der Waals surface area contributed by atoms with Gasteiger partial charge in [-0.2, -0.15) is 0 Å². The first-order chi connectivity index (χ1) is 9.66. The molecule has 0 saturated heterocycles. The molecule has 20 heavy (non-hydrogen) atoms. The Morgan fingerprint density at radius 3 is 2.65 bits per heavy atom. The van der Waals surface area contributed by atoms with E-state index in [1.54, 1.807) is 24.5 Å². The second-order valence-electron chi connectivity index (χ2n) is 4.52. The van der Waals surface area contributed by atoms with E-state index in [9.17, 15) is 5.11 Å². The van der Waals surface area contributed by atoms with Gasteiger partial charge >= 0.3 is 0 Å². The number of rotatable bonds is 2. The molecule has 0 aliphatic carbocycles. The maximum atomic E-state index is 10.6. The summed E-state index contributed by atoms with van der Waals surface area (Å²) in [5.41, 5.74) is 1.55. The summed E-state index contributed by atoms with van der Waals surface area (Å²) < 4.78 is 0.783. The van der Waals surface area contributed by atoms with Crippen LogP contribution >= 0.6 is 27.5 Å². The van der Waals surface area contributed by atoms with Crippen molar-refractivity contribution in [2.45, 2.75) is 6.10 Å². The van der Waals surface area contributed by atoms with Crippen molar-refractivity contribution in [2.75, 3.05) is 0 Å². The molecule has 0 aliphatic heterocycles. The first-order valence-electron chi connectivity index (χ1n) is 6.12. The predicted molar refractivity (Wildman–Crippen MR) is 85.0 cm³/mol. The molecule has 1 atom stereocenters. The minimum atomic E-state index is -0.750. The third-order valence-electron chi connectivity index (χ3n) is 3.25. The van der Waals surface area contributed by atoms with E-state index in [0.717, 1.165) is 26.4 Å². The van der Waals surface area contributed by atoms with Gasteiger partial charge in [-0.1, -0.05) is 57.9 Å². The quantitative estimate of drug-likeness (QED) is 0.726. The number of benzene rings is 2. The average molecular weight is 349 g/mol. The first kappa shape index (κ1) is 13.6. The van der Waals surface area contributed by atoms with Crippen LogP contribution in [0.3, 0.4) is 0 Å². The van der Waals surface area contributed by atoms with Crippen molar-refractivity contribution in [3.8, 4) is 0 Å². The van der Waals surface area contributed by atoms with Gasteiger partial charge < -0.3 is 5.11 Å². The normalized spacial score (nSPS) is 12.6. The lowest BCUT2D eigenvalue weighted by Crippen LogP contribution is -2.02. The maximum absolute atomic E-state index is 10.6. The zero-order valence-corrected chi connectivity index (χ0v) is 12.8. The molecule has 2 aromatic carbocycles. The number of hydrogen-bond donors (Lipinski definition) is 1. The molecule has 2 nitrogen and oxygen atoms in total. The van der Waals surface area contributed by atoms with Crippen LogP contribution in [0.5, 0.6) is 0 Å². The third-order valence-corrected chi connectivity index (χ3v) is 4.17. The monoisotopic (exact) mass is 347 g/mol. The zero-order valence-electron chi connectivity index (χ0n) is 10.4. The van der Waals surface area contributed by atoms with E-state index in [0.29, 0.717) is 5.02 Å². The van der Waals surface area contributed by atoms with Crippen LogP contribution < -0.4 is 0 Å². The molecule has 0 fully saturated rings. The van der Waals surface area contributed by atoms with E-state index >= 15 is 0 Å². The number of fused-ring (bicyclic) bond motifs is 1. The van der Waals surface area contributed by atoms with E-state index in [2.05, 4.69) is 20.9 Å². The summed E-state index contributed by atoms with van der Waals surface area (Å²) in [5.74, 6) is 0. The van der Waals surface area contributed by atoms with Gasteiger partial charge in [0.1, 0.15) is 6.10 Å². The van der Waals surface area contributed by atoms with Crippen molar-refractivity contribution >= 4 is 38.3 Å². The molecule has 0 aliphatic rings. The number of halogens is 2. The Morgan fingerprint density at radius 1 is 1.05 bits per heavy atom. The lowest BCUT2D eigenvalue weighted by atomic mass is 9.98. The maximum Gasteiger partial charge on any atom is 0.107 e. The Morgan fingerprint density at radius 2 is 1.85 bits per heavy atom. The number of aromatic nitrogens is 1. The molecule has 0 amide bonds. The zero-order chi connectivity index (χ0) is 14.1. The fourth-order valence-electron chi connectivity index (χ4n) is 2.25. The molecule has 100 valence electrons. The predicted octanol–water partition coefficient (Wildman–Crippen LogP) is 4.73. The van der Waals surface area contributed by atoms with Gasteiger partial charge in [-0.3, -0.25) is 4.98 Å². The summed E-state index contributed by atoms with van der Waals surface area (Å²) in [7, 11) is 0. The Balaban J connectivity index is 2.15. The van der Waals surface area contributed by atoms with Crippen LogP contribution in [0, 0.1) is 0 Å². The van der Waals surface area contributed by atoms with Crippen molar-refractivity contribution in [1.82, 2.24) is 4.98 Å². The van der Waals surface area contributed by atoms with E-state index in [-0.39, 0.29) is 0 Å². The highest BCUT2D eigenvalue weighted by atomic mass is 79.9. The molecule has 1 unspecified atom stereocenters. The topological polar surface area (TPSA) is 33.1 Å². The van der Waals surface area contributed by atoms with Gasteiger partial charge in [0.2, 0.25) is 0 Å². The molecule has 1 N–H and O–H groups in total.